The molecule has 2 aromatic rings. The lowest BCUT2D eigenvalue weighted by Gasteiger charge is -2.33. The number of hydrogen-bond acceptors (Lipinski definition) is 3. The van der Waals surface area contributed by atoms with Crippen LogP contribution in [0.5, 0.6) is 0 Å². The summed E-state index contributed by atoms with van der Waals surface area (Å²) in [7, 11) is 1.98. The number of nitrogens with one attached hydrogen (secondary N) is 2. The normalized spacial score (nSPS) is 14.1. The molecule has 0 aliphatic heterocycles. The van der Waals surface area contributed by atoms with Crippen molar-refractivity contribution in [1.29, 1.82) is 0 Å². The molecule has 1 aromatic heterocycles. The summed E-state index contributed by atoms with van der Waals surface area (Å²) in [5, 5.41) is 3.37. The number of nitrogens with two attached hydrogens (primary N) is 1. The van der Waals surface area contributed by atoms with E-state index in [0.717, 1.165) is 16.9 Å². The molecule has 1 atom stereocenters. The largest absolute Gasteiger partial charge is 0.342 e. The van der Waals surface area contributed by atoms with Gasteiger partial charge in [0.05, 0.1) is 11.0 Å². The van der Waals surface area contributed by atoms with E-state index >= 15 is 0 Å². The smallest absolute Gasteiger partial charge is 0.104 e. The number of fused-ring (bicyclic) bond motifs is 1. The molecule has 1 heterocycles. The first-order valence-corrected chi connectivity index (χ1v) is 6.31. The van der Waals surface area contributed by atoms with Crippen molar-refractivity contribution in [3.63, 3.8) is 0 Å². The van der Waals surface area contributed by atoms with Gasteiger partial charge in [-0.15, -0.1) is 0 Å². The van der Waals surface area contributed by atoms with Gasteiger partial charge < -0.3 is 16.0 Å². The van der Waals surface area contributed by atoms with E-state index in [1.807, 2.05) is 14.0 Å². The number of imidazole rings is 1. The van der Waals surface area contributed by atoms with Crippen LogP contribution in [0, 0.1) is 12.3 Å². The van der Waals surface area contributed by atoms with Crippen LogP contribution in [0.25, 0.3) is 11.0 Å². The maximum Gasteiger partial charge on any atom is 0.104 e. The molecule has 1 unspecified atom stereocenters. The van der Waals surface area contributed by atoms with Gasteiger partial charge in [0.25, 0.3) is 0 Å². The maximum atomic E-state index is 5.88. The summed E-state index contributed by atoms with van der Waals surface area (Å²) in [5.74, 6) is 0.946. The number of aryl methyl sites for hydroxylation is 1. The third kappa shape index (κ3) is 2.26. The molecule has 0 saturated carbocycles. The molecule has 4 heteroatoms. The van der Waals surface area contributed by atoms with E-state index in [-0.39, 0.29) is 11.5 Å². The van der Waals surface area contributed by atoms with Gasteiger partial charge in [-0.1, -0.05) is 19.9 Å². The van der Waals surface area contributed by atoms with Crippen LogP contribution < -0.4 is 11.1 Å². The summed E-state index contributed by atoms with van der Waals surface area (Å²) in [5.41, 5.74) is 9.22. The van der Waals surface area contributed by atoms with Gasteiger partial charge in [0.2, 0.25) is 0 Å². The number of aromatic amines is 1. The van der Waals surface area contributed by atoms with E-state index in [1.165, 1.54) is 5.56 Å². The summed E-state index contributed by atoms with van der Waals surface area (Å²) in [6, 6.07) is 6.58. The Balaban J connectivity index is 2.45. The molecular formula is C14H22N4. The zero-order valence-electron chi connectivity index (χ0n) is 11.5. The van der Waals surface area contributed by atoms with E-state index in [2.05, 4.69) is 47.3 Å². The topological polar surface area (TPSA) is 66.7 Å². The molecule has 98 valence electrons. The summed E-state index contributed by atoms with van der Waals surface area (Å²) in [6.45, 7) is 6.96. The molecule has 0 saturated heterocycles. The Bertz CT molecular complexity index is 542. The quantitative estimate of drug-likeness (QED) is 0.774. The fraction of sp³-hybridized carbons (Fsp3) is 0.500. The van der Waals surface area contributed by atoms with Gasteiger partial charge in [-0.2, -0.15) is 0 Å². The Hall–Kier alpha value is -1.39. The second-order valence-corrected chi connectivity index (χ2v) is 5.51. The summed E-state index contributed by atoms with van der Waals surface area (Å²) in [4.78, 5) is 7.70. The third-order valence-electron chi connectivity index (χ3n) is 3.55. The van der Waals surface area contributed by atoms with Crippen molar-refractivity contribution in [1.82, 2.24) is 15.3 Å². The highest BCUT2D eigenvalue weighted by Gasteiger charge is 2.28. The Morgan fingerprint density at radius 1 is 1.44 bits per heavy atom. The highest BCUT2D eigenvalue weighted by molar-refractivity contribution is 5.76. The first-order valence-electron chi connectivity index (χ1n) is 6.31. The highest BCUT2D eigenvalue weighted by atomic mass is 14.9. The molecule has 0 fully saturated rings. The maximum absolute atomic E-state index is 5.88. The van der Waals surface area contributed by atoms with Gasteiger partial charge in [0.1, 0.15) is 5.82 Å². The lowest BCUT2D eigenvalue weighted by atomic mass is 9.80. The van der Waals surface area contributed by atoms with E-state index in [4.69, 9.17) is 5.73 Å². The molecule has 0 amide bonds. The van der Waals surface area contributed by atoms with Crippen LogP contribution in [0.1, 0.15) is 31.3 Å². The minimum atomic E-state index is 0.0114. The van der Waals surface area contributed by atoms with Crippen LogP contribution in [0.15, 0.2) is 18.2 Å². The van der Waals surface area contributed by atoms with Gasteiger partial charge in [-0.05, 0) is 43.6 Å². The Morgan fingerprint density at radius 3 is 2.78 bits per heavy atom. The molecule has 0 bridgehead atoms. The minimum Gasteiger partial charge on any atom is -0.342 e. The predicted octanol–water partition coefficient (Wildman–Crippen LogP) is 2.12. The zero-order valence-corrected chi connectivity index (χ0v) is 11.5. The van der Waals surface area contributed by atoms with E-state index in [9.17, 15) is 0 Å². The molecule has 1 aromatic carbocycles. The molecule has 2 rings (SSSR count). The predicted molar refractivity (Wildman–Crippen MR) is 75.5 cm³/mol. The number of benzene rings is 1. The molecule has 4 nitrogen and oxygen atoms in total. The van der Waals surface area contributed by atoms with E-state index in [1.54, 1.807) is 0 Å². The fourth-order valence-corrected chi connectivity index (χ4v) is 2.46. The van der Waals surface area contributed by atoms with Gasteiger partial charge in [-0.3, -0.25) is 0 Å². The van der Waals surface area contributed by atoms with Crippen molar-refractivity contribution < 1.29 is 0 Å². The Morgan fingerprint density at radius 2 is 2.17 bits per heavy atom. The molecule has 0 spiro atoms. The van der Waals surface area contributed by atoms with Crippen LogP contribution in [0.3, 0.4) is 0 Å². The molecule has 4 N–H and O–H groups in total. The average Bonchev–Trinajstić information content (AvgIpc) is 2.69. The van der Waals surface area contributed by atoms with Gasteiger partial charge in [-0.25, -0.2) is 4.98 Å². The Labute approximate surface area is 108 Å². The lowest BCUT2D eigenvalue weighted by molar-refractivity contribution is 0.266. The minimum absolute atomic E-state index is 0.0114. The zero-order chi connectivity index (χ0) is 13.3. The number of nitrogens with zero attached hydrogens (tertiary/aromatic N) is 1. The van der Waals surface area contributed by atoms with Crippen LogP contribution in [0.4, 0.5) is 0 Å². The fourth-order valence-electron chi connectivity index (χ4n) is 2.46. The van der Waals surface area contributed by atoms with Crippen molar-refractivity contribution in [2.45, 2.75) is 26.8 Å². The number of H-pyrrole nitrogens is 1. The monoisotopic (exact) mass is 246 g/mol. The van der Waals surface area contributed by atoms with Gasteiger partial charge >= 0.3 is 0 Å². The summed E-state index contributed by atoms with van der Waals surface area (Å²) < 4.78 is 0. The summed E-state index contributed by atoms with van der Waals surface area (Å²) >= 11 is 0. The first-order chi connectivity index (χ1) is 8.47. The van der Waals surface area contributed by atoms with Crippen LogP contribution in [-0.2, 0) is 0 Å². The molecule has 0 aliphatic carbocycles. The van der Waals surface area contributed by atoms with Crippen molar-refractivity contribution in [2.75, 3.05) is 13.6 Å². The van der Waals surface area contributed by atoms with E-state index in [0.29, 0.717) is 6.54 Å². The van der Waals surface area contributed by atoms with Crippen LogP contribution in [0.2, 0.25) is 0 Å². The first kappa shape index (κ1) is 13.1. The lowest BCUT2D eigenvalue weighted by Crippen LogP contribution is -2.37. The van der Waals surface area contributed by atoms with Crippen molar-refractivity contribution >= 4 is 11.0 Å². The van der Waals surface area contributed by atoms with Crippen LogP contribution >= 0.6 is 0 Å². The third-order valence-corrected chi connectivity index (χ3v) is 3.55. The molecule has 0 aliphatic rings. The SMILES string of the molecule is CNC(c1ccc2nc(C)[nH]c2c1)C(C)(C)CN. The van der Waals surface area contributed by atoms with Gasteiger partial charge in [0.15, 0.2) is 0 Å². The van der Waals surface area contributed by atoms with Crippen LogP contribution in [-0.4, -0.2) is 23.6 Å². The molecule has 18 heavy (non-hydrogen) atoms. The van der Waals surface area contributed by atoms with E-state index < -0.39 is 0 Å². The highest BCUT2D eigenvalue weighted by Crippen LogP contribution is 2.33. The second-order valence-electron chi connectivity index (χ2n) is 5.51. The van der Waals surface area contributed by atoms with Gasteiger partial charge in [0, 0.05) is 6.04 Å². The number of rotatable bonds is 4. The average molecular weight is 246 g/mol. The van der Waals surface area contributed by atoms with Crippen molar-refractivity contribution in [3.05, 3.63) is 29.6 Å². The second kappa shape index (κ2) is 4.71. The number of hydrogen-bond donors (Lipinski definition) is 3. The standard InChI is InChI=1S/C14H22N4/c1-9-17-11-6-5-10(7-12(11)18-9)13(16-4)14(2,3)8-15/h5-7,13,16H,8,15H2,1-4H3,(H,17,18). The van der Waals surface area contributed by atoms with Crippen molar-refractivity contribution in [2.24, 2.45) is 11.1 Å². The Kier molecular flexibility index (Phi) is 3.41. The summed E-state index contributed by atoms with van der Waals surface area (Å²) in [6.07, 6.45) is 0. The number of aromatic nitrogens is 2. The molecule has 0 radical (unpaired) electrons. The van der Waals surface area contributed by atoms with Crippen molar-refractivity contribution in [3.8, 4) is 0 Å². The molecular weight excluding hydrogens is 224 g/mol.